The molecule has 0 fully saturated rings. The summed E-state index contributed by atoms with van der Waals surface area (Å²) in [5.74, 6) is -0.262. The Bertz CT molecular complexity index is 731. The first-order valence-corrected chi connectivity index (χ1v) is 8.54. The van der Waals surface area contributed by atoms with Crippen molar-refractivity contribution in [1.82, 2.24) is 4.90 Å². The molecular formula is C21H26N2O2. The van der Waals surface area contributed by atoms with Gasteiger partial charge in [0.2, 0.25) is 11.8 Å². The van der Waals surface area contributed by atoms with Gasteiger partial charge in [-0.2, -0.15) is 0 Å². The summed E-state index contributed by atoms with van der Waals surface area (Å²) in [6.45, 7) is 8.09. The number of nitrogens with one attached hydrogen (secondary N) is 1. The number of anilines is 1. The van der Waals surface area contributed by atoms with Crippen LogP contribution in [0, 0.1) is 20.8 Å². The summed E-state index contributed by atoms with van der Waals surface area (Å²) in [5, 5.41) is 2.96. The molecule has 0 atom stereocenters. The van der Waals surface area contributed by atoms with Crippen LogP contribution in [-0.2, 0) is 16.0 Å². The zero-order chi connectivity index (χ0) is 18.4. The van der Waals surface area contributed by atoms with Crippen molar-refractivity contribution >= 4 is 17.5 Å². The average molecular weight is 338 g/mol. The summed E-state index contributed by atoms with van der Waals surface area (Å²) in [7, 11) is 0. The van der Waals surface area contributed by atoms with E-state index in [2.05, 4.69) is 5.32 Å². The number of nitrogens with zero attached hydrogens (tertiary/aromatic N) is 1. The van der Waals surface area contributed by atoms with Crippen LogP contribution in [0.3, 0.4) is 0 Å². The van der Waals surface area contributed by atoms with E-state index in [0.717, 1.165) is 28.8 Å². The minimum Gasteiger partial charge on any atom is -0.333 e. The fourth-order valence-corrected chi connectivity index (χ4v) is 2.99. The molecule has 2 aromatic carbocycles. The van der Waals surface area contributed by atoms with Gasteiger partial charge in [-0.1, -0.05) is 48.0 Å². The Labute approximate surface area is 149 Å². The van der Waals surface area contributed by atoms with Gasteiger partial charge < -0.3 is 10.2 Å². The molecule has 0 aliphatic heterocycles. The van der Waals surface area contributed by atoms with Crippen LogP contribution < -0.4 is 5.32 Å². The van der Waals surface area contributed by atoms with Gasteiger partial charge in [-0.25, -0.2) is 0 Å². The first-order chi connectivity index (χ1) is 11.9. The first kappa shape index (κ1) is 18.7. The van der Waals surface area contributed by atoms with Gasteiger partial charge in [0, 0.05) is 19.2 Å². The molecule has 2 amide bonds. The number of carbonyl (C=O) groups excluding carboxylic acids is 2. The smallest absolute Gasteiger partial charge is 0.244 e. The lowest BCUT2D eigenvalue weighted by Crippen LogP contribution is -2.38. The van der Waals surface area contributed by atoms with E-state index in [-0.39, 0.29) is 18.4 Å². The number of carbonyl (C=O) groups is 2. The third kappa shape index (κ3) is 5.45. The third-order valence-corrected chi connectivity index (χ3v) is 4.23. The van der Waals surface area contributed by atoms with Gasteiger partial charge in [-0.15, -0.1) is 0 Å². The van der Waals surface area contributed by atoms with Gasteiger partial charge in [0.05, 0.1) is 6.54 Å². The molecule has 0 aliphatic carbocycles. The van der Waals surface area contributed by atoms with Crippen LogP contribution in [0.2, 0.25) is 0 Å². The zero-order valence-electron chi connectivity index (χ0n) is 15.4. The quantitative estimate of drug-likeness (QED) is 0.874. The summed E-state index contributed by atoms with van der Waals surface area (Å²) in [4.78, 5) is 25.9. The van der Waals surface area contributed by atoms with Crippen molar-refractivity contribution in [2.24, 2.45) is 0 Å². The van der Waals surface area contributed by atoms with Gasteiger partial charge in [0.1, 0.15) is 0 Å². The van der Waals surface area contributed by atoms with Crippen molar-refractivity contribution in [3.63, 3.8) is 0 Å². The molecule has 0 unspecified atom stereocenters. The Kier molecular flexibility index (Phi) is 6.34. The lowest BCUT2D eigenvalue weighted by atomic mass is 10.1. The Hall–Kier alpha value is -2.62. The number of hydrogen-bond donors (Lipinski definition) is 1. The second-order valence-corrected chi connectivity index (χ2v) is 6.50. The highest BCUT2D eigenvalue weighted by atomic mass is 16.2. The molecule has 4 heteroatoms. The van der Waals surface area contributed by atoms with E-state index in [1.54, 1.807) is 4.90 Å². The lowest BCUT2D eigenvalue weighted by molar-refractivity contribution is -0.132. The fraction of sp³-hybridized carbons (Fsp3) is 0.333. The molecule has 0 saturated heterocycles. The molecule has 0 spiro atoms. The van der Waals surface area contributed by atoms with E-state index in [1.807, 2.05) is 63.2 Å². The maximum absolute atomic E-state index is 12.4. The maximum Gasteiger partial charge on any atom is 0.244 e. The van der Waals surface area contributed by atoms with Crippen molar-refractivity contribution in [3.05, 3.63) is 64.7 Å². The molecule has 4 nitrogen and oxygen atoms in total. The SMILES string of the molecule is CC(=O)N(CCc1ccccc1)CC(=O)Nc1c(C)cc(C)cc1C. The van der Waals surface area contributed by atoms with Gasteiger partial charge in [-0.3, -0.25) is 9.59 Å². The normalized spacial score (nSPS) is 10.4. The predicted octanol–water partition coefficient (Wildman–Crippen LogP) is 3.64. The van der Waals surface area contributed by atoms with Gasteiger partial charge in [0.15, 0.2) is 0 Å². The van der Waals surface area contributed by atoms with E-state index in [9.17, 15) is 9.59 Å². The van der Waals surface area contributed by atoms with Crippen LogP contribution in [0.25, 0.3) is 0 Å². The minimum atomic E-state index is -0.168. The topological polar surface area (TPSA) is 49.4 Å². The molecule has 0 aliphatic rings. The highest BCUT2D eigenvalue weighted by Crippen LogP contribution is 2.21. The molecule has 132 valence electrons. The molecule has 2 aromatic rings. The summed E-state index contributed by atoms with van der Waals surface area (Å²) in [5.41, 5.74) is 5.22. The van der Waals surface area contributed by atoms with Crippen molar-refractivity contribution in [3.8, 4) is 0 Å². The zero-order valence-corrected chi connectivity index (χ0v) is 15.4. The van der Waals surface area contributed by atoms with Crippen LogP contribution in [0.5, 0.6) is 0 Å². The first-order valence-electron chi connectivity index (χ1n) is 8.54. The molecule has 25 heavy (non-hydrogen) atoms. The van der Waals surface area contributed by atoms with Gasteiger partial charge in [0.25, 0.3) is 0 Å². The Morgan fingerprint density at radius 1 is 1.00 bits per heavy atom. The molecule has 0 bridgehead atoms. The number of amides is 2. The van der Waals surface area contributed by atoms with Crippen molar-refractivity contribution in [1.29, 1.82) is 0 Å². The van der Waals surface area contributed by atoms with Crippen molar-refractivity contribution in [2.45, 2.75) is 34.1 Å². The highest BCUT2D eigenvalue weighted by molar-refractivity contribution is 5.95. The lowest BCUT2D eigenvalue weighted by Gasteiger charge is -2.21. The van der Waals surface area contributed by atoms with E-state index in [4.69, 9.17) is 0 Å². The van der Waals surface area contributed by atoms with Crippen LogP contribution in [-0.4, -0.2) is 29.8 Å². The van der Waals surface area contributed by atoms with E-state index in [0.29, 0.717) is 6.54 Å². The molecule has 2 rings (SSSR count). The Morgan fingerprint density at radius 3 is 2.16 bits per heavy atom. The summed E-state index contributed by atoms with van der Waals surface area (Å²) >= 11 is 0. The van der Waals surface area contributed by atoms with Gasteiger partial charge in [-0.05, 0) is 43.9 Å². The number of benzene rings is 2. The minimum absolute atomic E-state index is 0.0644. The Morgan fingerprint density at radius 2 is 1.60 bits per heavy atom. The molecule has 0 heterocycles. The monoisotopic (exact) mass is 338 g/mol. The van der Waals surface area contributed by atoms with Crippen molar-refractivity contribution < 1.29 is 9.59 Å². The maximum atomic E-state index is 12.4. The second-order valence-electron chi connectivity index (χ2n) is 6.50. The Balaban J connectivity index is 2.00. The highest BCUT2D eigenvalue weighted by Gasteiger charge is 2.15. The number of rotatable bonds is 6. The van der Waals surface area contributed by atoms with Crippen LogP contribution in [0.1, 0.15) is 29.2 Å². The van der Waals surface area contributed by atoms with Gasteiger partial charge >= 0.3 is 0 Å². The molecule has 1 N–H and O–H groups in total. The van der Waals surface area contributed by atoms with E-state index >= 15 is 0 Å². The molecule has 0 radical (unpaired) electrons. The van der Waals surface area contributed by atoms with Crippen LogP contribution in [0.4, 0.5) is 5.69 Å². The predicted molar refractivity (Wildman–Crippen MR) is 102 cm³/mol. The summed E-state index contributed by atoms with van der Waals surface area (Å²) in [6.07, 6.45) is 0.732. The number of hydrogen-bond acceptors (Lipinski definition) is 2. The van der Waals surface area contributed by atoms with Crippen LogP contribution >= 0.6 is 0 Å². The standard InChI is InChI=1S/C21H26N2O2/c1-15-12-16(2)21(17(3)13-15)22-20(25)14-23(18(4)24)11-10-19-8-6-5-7-9-19/h5-9,12-13H,10-11,14H2,1-4H3,(H,22,25). The van der Waals surface area contributed by atoms with Crippen LogP contribution in [0.15, 0.2) is 42.5 Å². The molecular weight excluding hydrogens is 312 g/mol. The van der Waals surface area contributed by atoms with E-state index in [1.165, 1.54) is 12.5 Å². The third-order valence-electron chi connectivity index (χ3n) is 4.23. The summed E-state index contributed by atoms with van der Waals surface area (Å²) < 4.78 is 0. The molecule has 0 saturated carbocycles. The summed E-state index contributed by atoms with van der Waals surface area (Å²) in [6, 6.07) is 14.1. The molecule has 0 aromatic heterocycles. The second kappa shape index (κ2) is 8.47. The van der Waals surface area contributed by atoms with E-state index < -0.39 is 0 Å². The number of aryl methyl sites for hydroxylation is 3. The largest absolute Gasteiger partial charge is 0.333 e. The fourth-order valence-electron chi connectivity index (χ4n) is 2.99. The average Bonchev–Trinajstić information content (AvgIpc) is 2.55. The van der Waals surface area contributed by atoms with Crippen molar-refractivity contribution in [2.75, 3.05) is 18.4 Å².